The molecule has 134 valence electrons. The number of carbonyl (C=O) groups excluding carboxylic acids is 2. The highest BCUT2D eigenvalue weighted by Crippen LogP contribution is 2.43. The highest BCUT2D eigenvalue weighted by molar-refractivity contribution is 8.00. The standard InChI is InChI=1S/C18H21ClN2O3S/c1-3-24-18(23)15-10-13(9-14(15)17(22)21-7-6-20)25-16-5-4-12(19)8-11(16)2/h4-5,8,13-15H,3,7,9-10H2,1-2H3,(H,21,22)/t13-,14-,15-/m1/s1. The van der Waals surface area contributed by atoms with Gasteiger partial charge in [-0.3, -0.25) is 9.59 Å². The van der Waals surface area contributed by atoms with Crippen LogP contribution in [0.3, 0.4) is 0 Å². The highest BCUT2D eigenvalue weighted by Gasteiger charge is 2.43. The molecule has 3 atom stereocenters. The van der Waals surface area contributed by atoms with Crippen LogP contribution in [0.25, 0.3) is 0 Å². The molecule has 0 saturated heterocycles. The molecule has 1 fully saturated rings. The van der Waals surface area contributed by atoms with Crippen LogP contribution in [-0.4, -0.2) is 30.3 Å². The van der Waals surface area contributed by atoms with Crippen molar-refractivity contribution in [1.82, 2.24) is 5.32 Å². The van der Waals surface area contributed by atoms with Crippen molar-refractivity contribution in [1.29, 1.82) is 5.26 Å². The third-order valence-corrected chi connectivity index (χ3v) is 5.88. The summed E-state index contributed by atoms with van der Waals surface area (Å²) in [5.74, 6) is -1.52. The molecule has 1 N–H and O–H groups in total. The molecule has 2 rings (SSSR count). The largest absolute Gasteiger partial charge is 0.466 e. The van der Waals surface area contributed by atoms with E-state index in [1.54, 1.807) is 18.7 Å². The summed E-state index contributed by atoms with van der Waals surface area (Å²) < 4.78 is 5.14. The molecule has 25 heavy (non-hydrogen) atoms. The van der Waals surface area contributed by atoms with Crippen LogP contribution in [0.5, 0.6) is 0 Å². The van der Waals surface area contributed by atoms with Gasteiger partial charge in [-0.1, -0.05) is 11.6 Å². The van der Waals surface area contributed by atoms with Crippen molar-refractivity contribution in [2.45, 2.75) is 36.8 Å². The van der Waals surface area contributed by atoms with Crippen LogP contribution in [0.1, 0.15) is 25.3 Å². The van der Waals surface area contributed by atoms with E-state index in [1.807, 2.05) is 31.2 Å². The maximum absolute atomic E-state index is 12.3. The van der Waals surface area contributed by atoms with Crippen LogP contribution in [0.2, 0.25) is 5.02 Å². The molecular formula is C18H21ClN2O3S. The quantitative estimate of drug-likeness (QED) is 0.604. The topological polar surface area (TPSA) is 79.2 Å². The molecule has 5 nitrogen and oxygen atoms in total. The number of nitrogens with one attached hydrogen (secondary N) is 1. The minimum atomic E-state index is -0.469. The van der Waals surface area contributed by atoms with Crippen LogP contribution >= 0.6 is 23.4 Å². The third-order valence-electron chi connectivity index (χ3n) is 4.22. The number of rotatable bonds is 6. The number of benzene rings is 1. The maximum Gasteiger partial charge on any atom is 0.309 e. The van der Waals surface area contributed by atoms with Gasteiger partial charge in [-0.25, -0.2) is 0 Å². The van der Waals surface area contributed by atoms with Crippen molar-refractivity contribution < 1.29 is 14.3 Å². The maximum atomic E-state index is 12.3. The number of aryl methyl sites for hydroxylation is 1. The van der Waals surface area contributed by atoms with Crippen LogP contribution in [0.4, 0.5) is 0 Å². The van der Waals surface area contributed by atoms with E-state index in [-0.39, 0.29) is 30.3 Å². The average Bonchev–Trinajstić information content (AvgIpc) is 2.99. The second-order valence-corrected chi connectivity index (χ2v) is 7.74. The summed E-state index contributed by atoms with van der Waals surface area (Å²) in [6.07, 6.45) is 1.16. The molecule has 1 saturated carbocycles. The van der Waals surface area contributed by atoms with E-state index >= 15 is 0 Å². The molecule has 0 bridgehead atoms. The fourth-order valence-electron chi connectivity index (χ4n) is 3.07. The Balaban J connectivity index is 2.12. The number of nitrogens with zero attached hydrogens (tertiary/aromatic N) is 1. The number of nitriles is 1. The Labute approximate surface area is 157 Å². The minimum absolute atomic E-state index is 0.0566. The summed E-state index contributed by atoms with van der Waals surface area (Å²) in [6, 6.07) is 7.59. The van der Waals surface area contributed by atoms with Crippen molar-refractivity contribution in [3.05, 3.63) is 28.8 Å². The predicted octanol–water partition coefficient (Wildman–Crippen LogP) is 3.34. The van der Waals surface area contributed by atoms with E-state index in [0.29, 0.717) is 17.9 Å². The summed E-state index contributed by atoms with van der Waals surface area (Å²) >= 11 is 7.66. The number of ether oxygens (including phenoxy) is 1. The van der Waals surface area contributed by atoms with Gasteiger partial charge in [0.15, 0.2) is 0 Å². The number of carbonyl (C=O) groups is 2. The SMILES string of the molecule is CCOC(=O)[C@@H]1C[C@H](Sc2ccc(Cl)cc2C)C[C@H]1C(=O)NCC#N. The Bertz CT molecular complexity index is 689. The number of halogens is 1. The first-order valence-corrected chi connectivity index (χ1v) is 9.46. The molecular weight excluding hydrogens is 360 g/mol. The van der Waals surface area contributed by atoms with Crippen LogP contribution < -0.4 is 5.32 Å². The van der Waals surface area contributed by atoms with Crippen LogP contribution in [-0.2, 0) is 14.3 Å². The van der Waals surface area contributed by atoms with Gasteiger partial charge in [-0.2, -0.15) is 5.26 Å². The van der Waals surface area contributed by atoms with Gasteiger partial charge >= 0.3 is 5.97 Å². The van der Waals surface area contributed by atoms with E-state index in [2.05, 4.69) is 5.32 Å². The van der Waals surface area contributed by atoms with E-state index < -0.39 is 11.8 Å². The summed E-state index contributed by atoms with van der Waals surface area (Å²) in [6.45, 7) is 3.97. The van der Waals surface area contributed by atoms with Gasteiger partial charge in [0.05, 0.1) is 24.5 Å². The fourth-order valence-corrected chi connectivity index (χ4v) is 4.65. The Morgan fingerprint density at radius 3 is 2.76 bits per heavy atom. The zero-order valence-electron chi connectivity index (χ0n) is 14.3. The van der Waals surface area contributed by atoms with Gasteiger partial charge in [0, 0.05) is 15.2 Å². The average molecular weight is 381 g/mol. The first-order valence-electron chi connectivity index (χ1n) is 8.20. The van der Waals surface area contributed by atoms with Crippen molar-refractivity contribution in [3.63, 3.8) is 0 Å². The lowest BCUT2D eigenvalue weighted by Gasteiger charge is -2.16. The first-order chi connectivity index (χ1) is 12.0. The highest BCUT2D eigenvalue weighted by atomic mass is 35.5. The lowest BCUT2D eigenvalue weighted by molar-refractivity contribution is -0.151. The predicted molar refractivity (Wildman–Crippen MR) is 97.3 cm³/mol. The Hall–Kier alpha value is -1.71. The molecule has 0 radical (unpaired) electrons. The zero-order valence-corrected chi connectivity index (χ0v) is 15.8. The summed E-state index contributed by atoms with van der Waals surface area (Å²) in [4.78, 5) is 25.7. The molecule has 1 aliphatic rings. The van der Waals surface area contributed by atoms with Gasteiger partial charge in [0.2, 0.25) is 5.91 Å². The molecule has 0 aromatic heterocycles. The number of esters is 1. The fraction of sp³-hybridized carbons (Fsp3) is 0.500. The number of hydrogen-bond donors (Lipinski definition) is 1. The summed E-state index contributed by atoms with van der Waals surface area (Å²) in [7, 11) is 0. The van der Waals surface area contributed by atoms with Crippen molar-refractivity contribution in [2.75, 3.05) is 13.2 Å². The lowest BCUT2D eigenvalue weighted by Crippen LogP contribution is -2.36. The van der Waals surface area contributed by atoms with E-state index in [1.165, 1.54) is 0 Å². The molecule has 0 unspecified atom stereocenters. The lowest BCUT2D eigenvalue weighted by atomic mass is 9.95. The van der Waals surface area contributed by atoms with Gasteiger partial charge in [0.25, 0.3) is 0 Å². The molecule has 7 heteroatoms. The van der Waals surface area contributed by atoms with Gasteiger partial charge < -0.3 is 10.1 Å². The smallest absolute Gasteiger partial charge is 0.309 e. The molecule has 0 heterocycles. The molecule has 0 spiro atoms. The number of thioether (sulfide) groups is 1. The minimum Gasteiger partial charge on any atom is -0.466 e. The van der Waals surface area contributed by atoms with Crippen molar-refractivity contribution in [3.8, 4) is 6.07 Å². The van der Waals surface area contributed by atoms with E-state index in [4.69, 9.17) is 21.6 Å². The Kier molecular flexibility index (Phi) is 7.15. The molecule has 1 amide bonds. The van der Waals surface area contributed by atoms with Crippen LogP contribution in [0.15, 0.2) is 23.1 Å². The Morgan fingerprint density at radius 1 is 1.40 bits per heavy atom. The van der Waals surface area contributed by atoms with E-state index in [9.17, 15) is 9.59 Å². The number of amides is 1. The molecule has 1 aromatic rings. The van der Waals surface area contributed by atoms with Gasteiger partial charge in [0.1, 0.15) is 6.54 Å². The van der Waals surface area contributed by atoms with Gasteiger partial charge in [-0.05, 0) is 50.5 Å². The second-order valence-electron chi connectivity index (χ2n) is 5.96. The van der Waals surface area contributed by atoms with Gasteiger partial charge in [-0.15, -0.1) is 11.8 Å². The van der Waals surface area contributed by atoms with Crippen LogP contribution in [0, 0.1) is 30.1 Å². The monoisotopic (exact) mass is 380 g/mol. The van der Waals surface area contributed by atoms with Crippen molar-refractivity contribution >= 4 is 35.2 Å². The Morgan fingerprint density at radius 2 is 2.12 bits per heavy atom. The first kappa shape index (κ1) is 19.6. The molecule has 1 aliphatic carbocycles. The third kappa shape index (κ3) is 5.13. The van der Waals surface area contributed by atoms with E-state index in [0.717, 1.165) is 10.5 Å². The number of hydrogen-bond acceptors (Lipinski definition) is 5. The summed E-state index contributed by atoms with van der Waals surface area (Å²) in [5, 5.41) is 12.0. The van der Waals surface area contributed by atoms with Crippen molar-refractivity contribution in [2.24, 2.45) is 11.8 Å². The zero-order chi connectivity index (χ0) is 18.4. The molecule has 0 aliphatic heterocycles. The molecule has 1 aromatic carbocycles. The normalized spacial score (nSPS) is 22.2. The summed E-state index contributed by atoms with van der Waals surface area (Å²) in [5.41, 5.74) is 1.07. The second kappa shape index (κ2) is 9.12.